The predicted molar refractivity (Wildman–Crippen MR) is 77.6 cm³/mol. The third-order valence-corrected chi connectivity index (χ3v) is 3.12. The van der Waals surface area contributed by atoms with Crippen LogP contribution in [-0.2, 0) is 9.47 Å². The smallest absolute Gasteiger partial charge is 0.0948 e. The molecule has 1 aromatic carbocycles. The second-order valence-corrected chi connectivity index (χ2v) is 5.03. The van der Waals surface area contributed by atoms with Crippen LogP contribution in [0.4, 0.5) is 0 Å². The Morgan fingerprint density at radius 2 is 2.11 bits per heavy atom. The van der Waals surface area contributed by atoms with Crippen LogP contribution in [0.5, 0.6) is 0 Å². The summed E-state index contributed by atoms with van der Waals surface area (Å²) in [6, 6.07) is 8.05. The summed E-state index contributed by atoms with van der Waals surface area (Å²) in [5.41, 5.74) is 6.83. The fourth-order valence-electron chi connectivity index (χ4n) is 1.60. The van der Waals surface area contributed by atoms with Crippen molar-refractivity contribution in [3.8, 4) is 0 Å². The Bertz CT molecular complexity index is 333. The van der Waals surface area contributed by atoms with E-state index in [0.717, 1.165) is 29.5 Å². The monoisotopic (exact) mass is 315 g/mol. The fraction of sp³-hybridized carbons (Fsp3) is 0.571. The number of nitrogens with two attached hydrogens (primary N) is 1. The van der Waals surface area contributed by atoms with E-state index in [9.17, 15) is 0 Å². The summed E-state index contributed by atoms with van der Waals surface area (Å²) in [4.78, 5) is 0. The zero-order chi connectivity index (χ0) is 13.2. The zero-order valence-electron chi connectivity index (χ0n) is 10.9. The predicted octanol–water partition coefficient (Wildman–Crippen LogP) is 3.28. The van der Waals surface area contributed by atoms with Crippen molar-refractivity contribution in [1.82, 2.24) is 0 Å². The van der Waals surface area contributed by atoms with Crippen molar-refractivity contribution in [2.45, 2.75) is 25.9 Å². The molecule has 18 heavy (non-hydrogen) atoms. The zero-order valence-corrected chi connectivity index (χ0v) is 12.5. The Morgan fingerprint density at radius 1 is 1.28 bits per heavy atom. The number of rotatable bonds is 9. The van der Waals surface area contributed by atoms with E-state index < -0.39 is 0 Å². The van der Waals surface area contributed by atoms with E-state index in [1.807, 2.05) is 24.3 Å². The first kappa shape index (κ1) is 15.6. The molecule has 0 saturated heterocycles. The lowest BCUT2D eigenvalue weighted by atomic mass is 10.1. The number of hydrogen-bond acceptors (Lipinski definition) is 3. The molecule has 0 aliphatic carbocycles. The molecule has 1 atom stereocenters. The Hall–Kier alpha value is -0.420. The minimum atomic E-state index is -0.0581. The standard InChI is InChI=1S/C14H22BrNO2/c1-2-3-7-17-8-9-18-14(11-16)12-5-4-6-13(15)10-12/h4-6,10,14H,2-3,7-9,11,16H2,1H3. The van der Waals surface area contributed by atoms with Crippen molar-refractivity contribution in [2.75, 3.05) is 26.4 Å². The highest BCUT2D eigenvalue weighted by molar-refractivity contribution is 9.10. The van der Waals surface area contributed by atoms with Crippen LogP contribution in [0, 0.1) is 0 Å². The van der Waals surface area contributed by atoms with E-state index in [2.05, 4.69) is 22.9 Å². The van der Waals surface area contributed by atoms with E-state index in [1.165, 1.54) is 0 Å². The molecule has 1 aromatic rings. The first-order valence-corrected chi connectivity index (χ1v) is 7.22. The van der Waals surface area contributed by atoms with Crippen molar-refractivity contribution < 1.29 is 9.47 Å². The quantitative estimate of drug-likeness (QED) is 0.711. The lowest BCUT2D eigenvalue weighted by Crippen LogP contribution is -2.18. The first-order chi connectivity index (χ1) is 8.77. The van der Waals surface area contributed by atoms with E-state index in [4.69, 9.17) is 15.2 Å². The van der Waals surface area contributed by atoms with Gasteiger partial charge in [0.15, 0.2) is 0 Å². The number of halogens is 1. The SMILES string of the molecule is CCCCOCCOC(CN)c1cccc(Br)c1. The highest BCUT2D eigenvalue weighted by atomic mass is 79.9. The van der Waals surface area contributed by atoms with Crippen molar-refractivity contribution >= 4 is 15.9 Å². The van der Waals surface area contributed by atoms with Gasteiger partial charge < -0.3 is 15.2 Å². The molecule has 0 fully saturated rings. The molecular weight excluding hydrogens is 294 g/mol. The van der Waals surface area contributed by atoms with E-state index in [-0.39, 0.29) is 6.10 Å². The Balaban J connectivity index is 2.29. The van der Waals surface area contributed by atoms with E-state index >= 15 is 0 Å². The number of benzene rings is 1. The van der Waals surface area contributed by atoms with Gasteiger partial charge in [-0.3, -0.25) is 0 Å². The molecule has 0 amide bonds. The second kappa shape index (κ2) is 9.50. The van der Waals surface area contributed by atoms with Crippen molar-refractivity contribution in [3.05, 3.63) is 34.3 Å². The molecule has 4 heteroatoms. The van der Waals surface area contributed by atoms with Crippen molar-refractivity contribution in [2.24, 2.45) is 5.73 Å². The van der Waals surface area contributed by atoms with Gasteiger partial charge in [0.2, 0.25) is 0 Å². The average molecular weight is 316 g/mol. The van der Waals surface area contributed by atoms with Gasteiger partial charge in [0, 0.05) is 17.6 Å². The van der Waals surface area contributed by atoms with Gasteiger partial charge in [0.25, 0.3) is 0 Å². The fourth-order valence-corrected chi connectivity index (χ4v) is 2.02. The van der Waals surface area contributed by atoms with Crippen LogP contribution in [0.1, 0.15) is 31.4 Å². The highest BCUT2D eigenvalue weighted by Gasteiger charge is 2.09. The minimum Gasteiger partial charge on any atom is -0.379 e. The molecule has 0 heterocycles. The van der Waals surface area contributed by atoms with Crippen molar-refractivity contribution in [1.29, 1.82) is 0 Å². The normalized spacial score (nSPS) is 12.6. The number of unbranched alkanes of at least 4 members (excludes halogenated alkanes) is 1. The van der Waals surface area contributed by atoms with E-state index in [0.29, 0.717) is 19.8 Å². The molecule has 102 valence electrons. The molecule has 1 rings (SSSR count). The second-order valence-electron chi connectivity index (χ2n) is 4.12. The maximum absolute atomic E-state index is 5.74. The van der Waals surface area contributed by atoms with Crippen LogP contribution >= 0.6 is 15.9 Å². The maximum Gasteiger partial charge on any atom is 0.0948 e. The van der Waals surface area contributed by atoms with Gasteiger partial charge in [-0.2, -0.15) is 0 Å². The Kier molecular flexibility index (Phi) is 8.25. The van der Waals surface area contributed by atoms with Gasteiger partial charge in [0.1, 0.15) is 0 Å². The summed E-state index contributed by atoms with van der Waals surface area (Å²) in [5, 5.41) is 0. The summed E-state index contributed by atoms with van der Waals surface area (Å²) in [6.45, 7) is 4.65. The Morgan fingerprint density at radius 3 is 2.78 bits per heavy atom. The summed E-state index contributed by atoms with van der Waals surface area (Å²) in [5.74, 6) is 0. The Labute approximate surface area is 118 Å². The van der Waals surface area contributed by atoms with Crippen LogP contribution in [0.25, 0.3) is 0 Å². The van der Waals surface area contributed by atoms with Crippen LogP contribution < -0.4 is 5.73 Å². The van der Waals surface area contributed by atoms with E-state index in [1.54, 1.807) is 0 Å². The lowest BCUT2D eigenvalue weighted by molar-refractivity contribution is 0.00693. The van der Waals surface area contributed by atoms with Crippen LogP contribution in [0.2, 0.25) is 0 Å². The van der Waals surface area contributed by atoms with Gasteiger partial charge >= 0.3 is 0 Å². The largest absolute Gasteiger partial charge is 0.379 e. The summed E-state index contributed by atoms with van der Waals surface area (Å²) >= 11 is 3.45. The van der Waals surface area contributed by atoms with Gasteiger partial charge in [-0.1, -0.05) is 41.4 Å². The average Bonchev–Trinajstić information content (AvgIpc) is 2.38. The molecule has 0 saturated carbocycles. The first-order valence-electron chi connectivity index (χ1n) is 6.42. The molecule has 2 N–H and O–H groups in total. The van der Waals surface area contributed by atoms with Crippen LogP contribution in [0.15, 0.2) is 28.7 Å². The molecule has 0 radical (unpaired) electrons. The molecule has 0 aliphatic heterocycles. The molecule has 0 aromatic heterocycles. The molecular formula is C14H22BrNO2. The van der Waals surface area contributed by atoms with Gasteiger partial charge in [0.05, 0.1) is 19.3 Å². The topological polar surface area (TPSA) is 44.5 Å². The third kappa shape index (κ3) is 5.96. The third-order valence-electron chi connectivity index (χ3n) is 2.62. The molecule has 3 nitrogen and oxygen atoms in total. The molecule has 0 aliphatic rings. The minimum absolute atomic E-state index is 0.0581. The number of hydrogen-bond donors (Lipinski definition) is 1. The maximum atomic E-state index is 5.74. The lowest BCUT2D eigenvalue weighted by Gasteiger charge is -2.16. The van der Waals surface area contributed by atoms with Gasteiger partial charge in [-0.05, 0) is 24.1 Å². The highest BCUT2D eigenvalue weighted by Crippen LogP contribution is 2.20. The number of ether oxygens (including phenoxy) is 2. The van der Waals surface area contributed by atoms with Crippen LogP contribution in [-0.4, -0.2) is 26.4 Å². The summed E-state index contributed by atoms with van der Waals surface area (Å²) in [7, 11) is 0. The summed E-state index contributed by atoms with van der Waals surface area (Å²) < 4.78 is 12.2. The molecule has 1 unspecified atom stereocenters. The van der Waals surface area contributed by atoms with Gasteiger partial charge in [-0.25, -0.2) is 0 Å². The van der Waals surface area contributed by atoms with Gasteiger partial charge in [-0.15, -0.1) is 0 Å². The van der Waals surface area contributed by atoms with Crippen molar-refractivity contribution in [3.63, 3.8) is 0 Å². The molecule has 0 bridgehead atoms. The molecule has 0 spiro atoms. The van der Waals surface area contributed by atoms with Crippen LogP contribution in [0.3, 0.4) is 0 Å². The summed E-state index contributed by atoms with van der Waals surface area (Å²) in [6.07, 6.45) is 2.20.